The zero-order valence-corrected chi connectivity index (χ0v) is 11.1. The minimum absolute atomic E-state index is 0.593. The summed E-state index contributed by atoms with van der Waals surface area (Å²) in [6.07, 6.45) is 8.14. The van der Waals surface area contributed by atoms with Crippen LogP contribution >= 0.6 is 0 Å². The standard InChI is InChI=1S/C14H22N4/c1-10-16-13(15)9-14(17-10)18-8-4-6-11-5-2-3-7-12(11)18/h9,11-12H,2-8H2,1H3,(H2,15,16,17)/t11-,12-/m1/s1. The van der Waals surface area contributed by atoms with Gasteiger partial charge in [-0.25, -0.2) is 9.97 Å². The van der Waals surface area contributed by atoms with E-state index in [1.165, 1.54) is 38.5 Å². The van der Waals surface area contributed by atoms with Crippen molar-refractivity contribution < 1.29 is 0 Å². The van der Waals surface area contributed by atoms with Crippen molar-refractivity contribution in [2.45, 2.75) is 51.5 Å². The van der Waals surface area contributed by atoms with E-state index < -0.39 is 0 Å². The first kappa shape index (κ1) is 11.8. The number of fused-ring (bicyclic) bond motifs is 1. The summed E-state index contributed by atoms with van der Waals surface area (Å²) in [5.41, 5.74) is 5.86. The van der Waals surface area contributed by atoms with E-state index in [9.17, 15) is 0 Å². The van der Waals surface area contributed by atoms with Gasteiger partial charge < -0.3 is 10.6 Å². The van der Waals surface area contributed by atoms with E-state index in [1.807, 2.05) is 13.0 Å². The molecule has 4 heteroatoms. The van der Waals surface area contributed by atoms with Crippen LogP contribution in [-0.4, -0.2) is 22.6 Å². The van der Waals surface area contributed by atoms with Gasteiger partial charge in [0.25, 0.3) is 0 Å². The molecule has 1 saturated carbocycles. The van der Waals surface area contributed by atoms with Gasteiger partial charge in [-0.15, -0.1) is 0 Å². The SMILES string of the molecule is Cc1nc(N)cc(N2CCC[C@H]3CCCC[C@H]32)n1. The lowest BCUT2D eigenvalue weighted by Crippen LogP contribution is -2.47. The lowest BCUT2D eigenvalue weighted by molar-refractivity contribution is 0.242. The maximum absolute atomic E-state index is 5.86. The third kappa shape index (κ3) is 2.16. The molecule has 98 valence electrons. The number of aromatic nitrogens is 2. The summed E-state index contributed by atoms with van der Waals surface area (Å²) in [5.74, 6) is 3.28. The minimum Gasteiger partial charge on any atom is -0.384 e. The van der Waals surface area contributed by atoms with Crippen LogP contribution < -0.4 is 10.6 Å². The second-order valence-electron chi connectivity index (χ2n) is 5.65. The molecule has 2 aliphatic rings. The van der Waals surface area contributed by atoms with E-state index >= 15 is 0 Å². The third-order valence-electron chi connectivity index (χ3n) is 4.38. The number of piperidine rings is 1. The molecule has 1 aromatic heterocycles. The van der Waals surface area contributed by atoms with Gasteiger partial charge in [0.2, 0.25) is 0 Å². The lowest BCUT2D eigenvalue weighted by Gasteiger charge is -2.44. The van der Waals surface area contributed by atoms with Crippen molar-refractivity contribution in [2.75, 3.05) is 17.2 Å². The highest BCUT2D eigenvalue weighted by Crippen LogP contribution is 2.37. The minimum atomic E-state index is 0.593. The first-order chi connectivity index (χ1) is 8.74. The van der Waals surface area contributed by atoms with Crippen molar-refractivity contribution >= 4 is 11.6 Å². The Morgan fingerprint density at radius 3 is 2.78 bits per heavy atom. The number of aryl methyl sites for hydroxylation is 1. The smallest absolute Gasteiger partial charge is 0.134 e. The second-order valence-corrected chi connectivity index (χ2v) is 5.65. The van der Waals surface area contributed by atoms with E-state index in [0.29, 0.717) is 11.9 Å². The van der Waals surface area contributed by atoms with Gasteiger partial charge in [-0.05, 0) is 38.5 Å². The van der Waals surface area contributed by atoms with Crippen LogP contribution in [0, 0.1) is 12.8 Å². The Hall–Kier alpha value is -1.32. The van der Waals surface area contributed by atoms with Crippen molar-refractivity contribution in [1.82, 2.24) is 9.97 Å². The van der Waals surface area contributed by atoms with Crippen molar-refractivity contribution in [3.63, 3.8) is 0 Å². The quantitative estimate of drug-likeness (QED) is 0.827. The molecule has 0 amide bonds. The van der Waals surface area contributed by atoms with Crippen molar-refractivity contribution in [3.8, 4) is 0 Å². The van der Waals surface area contributed by atoms with Gasteiger partial charge in [-0.1, -0.05) is 12.8 Å². The summed E-state index contributed by atoms with van der Waals surface area (Å²) in [4.78, 5) is 11.2. The van der Waals surface area contributed by atoms with Crippen molar-refractivity contribution in [3.05, 3.63) is 11.9 Å². The van der Waals surface area contributed by atoms with Gasteiger partial charge in [0.1, 0.15) is 17.5 Å². The Bertz CT molecular complexity index is 410. The number of hydrogen-bond acceptors (Lipinski definition) is 4. The van der Waals surface area contributed by atoms with Gasteiger partial charge in [0, 0.05) is 18.7 Å². The molecular weight excluding hydrogens is 224 g/mol. The van der Waals surface area contributed by atoms with Gasteiger partial charge in [-0.3, -0.25) is 0 Å². The molecule has 4 nitrogen and oxygen atoms in total. The fourth-order valence-electron chi connectivity index (χ4n) is 3.63. The molecular formula is C14H22N4. The number of rotatable bonds is 1. The molecule has 1 saturated heterocycles. The molecule has 2 heterocycles. The number of anilines is 2. The fraction of sp³-hybridized carbons (Fsp3) is 0.714. The molecule has 18 heavy (non-hydrogen) atoms. The maximum atomic E-state index is 5.86. The summed E-state index contributed by atoms with van der Waals surface area (Å²) in [6.45, 7) is 3.04. The maximum Gasteiger partial charge on any atom is 0.134 e. The van der Waals surface area contributed by atoms with Gasteiger partial charge in [0.15, 0.2) is 0 Å². The second kappa shape index (κ2) is 4.75. The largest absolute Gasteiger partial charge is 0.384 e. The zero-order valence-electron chi connectivity index (χ0n) is 11.1. The third-order valence-corrected chi connectivity index (χ3v) is 4.38. The average molecular weight is 246 g/mol. The van der Waals surface area contributed by atoms with Crippen LogP contribution in [0.4, 0.5) is 11.6 Å². The van der Waals surface area contributed by atoms with Crippen LogP contribution in [-0.2, 0) is 0 Å². The molecule has 0 unspecified atom stereocenters. The summed E-state index contributed by atoms with van der Waals surface area (Å²) < 4.78 is 0. The molecule has 1 aromatic rings. The van der Waals surface area contributed by atoms with E-state index in [4.69, 9.17) is 5.73 Å². The first-order valence-electron chi connectivity index (χ1n) is 7.12. The summed E-state index contributed by atoms with van der Waals surface area (Å²) in [6, 6.07) is 2.62. The summed E-state index contributed by atoms with van der Waals surface area (Å²) in [7, 11) is 0. The molecule has 0 radical (unpaired) electrons. The van der Waals surface area contributed by atoms with E-state index in [1.54, 1.807) is 0 Å². The van der Waals surface area contributed by atoms with Crippen molar-refractivity contribution in [1.29, 1.82) is 0 Å². The van der Waals surface area contributed by atoms with Crippen molar-refractivity contribution in [2.24, 2.45) is 5.92 Å². The number of nitrogen functional groups attached to an aromatic ring is 1. The monoisotopic (exact) mass is 246 g/mol. The molecule has 3 rings (SSSR count). The average Bonchev–Trinajstić information content (AvgIpc) is 2.37. The van der Waals surface area contributed by atoms with E-state index in [0.717, 1.165) is 24.1 Å². The summed E-state index contributed by atoms with van der Waals surface area (Å²) >= 11 is 0. The van der Waals surface area contributed by atoms with Gasteiger partial charge in [0.05, 0.1) is 0 Å². The van der Waals surface area contributed by atoms with Crippen LogP contribution in [0.2, 0.25) is 0 Å². The van der Waals surface area contributed by atoms with E-state index in [2.05, 4.69) is 14.9 Å². The van der Waals surface area contributed by atoms with Crippen LogP contribution in [0.25, 0.3) is 0 Å². The van der Waals surface area contributed by atoms with Crippen LogP contribution in [0.3, 0.4) is 0 Å². The normalized spacial score (nSPS) is 27.9. The van der Waals surface area contributed by atoms with E-state index in [-0.39, 0.29) is 0 Å². The van der Waals surface area contributed by atoms with Gasteiger partial charge >= 0.3 is 0 Å². The number of hydrogen-bond donors (Lipinski definition) is 1. The molecule has 2 fully saturated rings. The predicted octanol–water partition coefficient (Wildman–Crippen LogP) is 2.53. The predicted molar refractivity (Wildman–Crippen MR) is 73.5 cm³/mol. The Labute approximate surface area is 109 Å². The highest BCUT2D eigenvalue weighted by Gasteiger charge is 2.33. The molecule has 0 aromatic carbocycles. The molecule has 0 spiro atoms. The topological polar surface area (TPSA) is 55.0 Å². The number of nitrogens with zero attached hydrogens (tertiary/aromatic N) is 3. The number of nitrogens with two attached hydrogens (primary N) is 1. The summed E-state index contributed by atoms with van der Waals surface area (Å²) in [5, 5.41) is 0. The molecule has 2 N–H and O–H groups in total. The zero-order chi connectivity index (χ0) is 12.5. The fourth-order valence-corrected chi connectivity index (χ4v) is 3.63. The highest BCUT2D eigenvalue weighted by atomic mass is 15.2. The molecule has 2 atom stereocenters. The molecule has 0 bridgehead atoms. The first-order valence-corrected chi connectivity index (χ1v) is 7.12. The Morgan fingerprint density at radius 2 is 1.94 bits per heavy atom. The Morgan fingerprint density at radius 1 is 1.17 bits per heavy atom. The van der Waals surface area contributed by atoms with Crippen LogP contribution in [0.15, 0.2) is 6.07 Å². The Kier molecular flexibility index (Phi) is 3.10. The lowest BCUT2D eigenvalue weighted by atomic mass is 9.78. The molecule has 1 aliphatic carbocycles. The Balaban J connectivity index is 1.89. The van der Waals surface area contributed by atoms with Crippen LogP contribution in [0.5, 0.6) is 0 Å². The van der Waals surface area contributed by atoms with Gasteiger partial charge in [-0.2, -0.15) is 0 Å². The van der Waals surface area contributed by atoms with Crippen LogP contribution in [0.1, 0.15) is 44.3 Å². The molecule has 1 aliphatic heterocycles. The highest BCUT2D eigenvalue weighted by molar-refractivity contribution is 5.48.